The number of rotatable bonds is 6. The summed E-state index contributed by atoms with van der Waals surface area (Å²) < 4.78 is 0. The van der Waals surface area contributed by atoms with Crippen molar-refractivity contribution in [1.82, 2.24) is 19.7 Å². The molecule has 1 fully saturated rings. The van der Waals surface area contributed by atoms with Crippen LogP contribution in [0.2, 0.25) is 0 Å². The summed E-state index contributed by atoms with van der Waals surface area (Å²) in [5, 5.41) is 10.2. The molecule has 1 saturated heterocycles. The van der Waals surface area contributed by atoms with E-state index >= 15 is 0 Å². The summed E-state index contributed by atoms with van der Waals surface area (Å²) in [6, 6.07) is 1.78. The van der Waals surface area contributed by atoms with Crippen LogP contribution in [0.4, 0.5) is 0 Å². The fraction of sp³-hybridized carbons (Fsp3) is 0.688. The number of aromatic nitrogens is 1. The van der Waals surface area contributed by atoms with Crippen LogP contribution in [-0.2, 0) is 0 Å². The monoisotopic (exact) mass is 308 g/mol. The van der Waals surface area contributed by atoms with Crippen LogP contribution < -0.4 is 0 Å². The number of carbonyl (C=O) groups excluding carboxylic acids is 1. The first kappa shape index (κ1) is 17.0. The standard InChI is InChI=1S/C16H28N4O2/c1-3-18(4-2)7-8-19-9-10-20(13-15(21)12-19)16(22)14-5-6-17-11-14/h5-6,11,15,17,21H,3-4,7-10,12-13H2,1-2H3/t15-/m0/s1. The molecule has 0 radical (unpaired) electrons. The summed E-state index contributed by atoms with van der Waals surface area (Å²) >= 11 is 0. The van der Waals surface area contributed by atoms with E-state index in [2.05, 4.69) is 28.6 Å². The Morgan fingerprint density at radius 2 is 2.14 bits per heavy atom. The normalized spacial score (nSPS) is 20.4. The molecule has 2 N–H and O–H groups in total. The third-order valence-electron chi connectivity index (χ3n) is 4.35. The van der Waals surface area contributed by atoms with Gasteiger partial charge in [-0.25, -0.2) is 0 Å². The maximum atomic E-state index is 12.4. The predicted octanol–water partition coefficient (Wildman–Crippen LogP) is 0.475. The van der Waals surface area contributed by atoms with E-state index in [-0.39, 0.29) is 5.91 Å². The van der Waals surface area contributed by atoms with E-state index in [0.717, 1.165) is 32.7 Å². The number of likely N-dealkylation sites (N-methyl/N-ethyl adjacent to an activating group) is 1. The van der Waals surface area contributed by atoms with Gasteiger partial charge in [0.25, 0.3) is 5.91 Å². The van der Waals surface area contributed by atoms with Crippen LogP contribution in [0.25, 0.3) is 0 Å². The second-order valence-electron chi connectivity index (χ2n) is 5.83. The van der Waals surface area contributed by atoms with Crippen molar-refractivity contribution in [3.63, 3.8) is 0 Å². The highest BCUT2D eigenvalue weighted by molar-refractivity contribution is 5.94. The van der Waals surface area contributed by atoms with Gasteiger partial charge in [-0.1, -0.05) is 13.8 Å². The first-order valence-electron chi connectivity index (χ1n) is 8.18. The van der Waals surface area contributed by atoms with Gasteiger partial charge >= 0.3 is 0 Å². The van der Waals surface area contributed by atoms with Crippen molar-refractivity contribution in [2.45, 2.75) is 20.0 Å². The molecule has 22 heavy (non-hydrogen) atoms. The Kier molecular flexibility index (Phi) is 6.42. The largest absolute Gasteiger partial charge is 0.390 e. The Balaban J connectivity index is 1.88. The topological polar surface area (TPSA) is 62.8 Å². The number of nitrogens with one attached hydrogen (secondary N) is 1. The molecule has 2 heterocycles. The number of carbonyl (C=O) groups is 1. The SMILES string of the molecule is CCN(CC)CCN1CCN(C(=O)c2cc[nH]c2)C[C@@H](O)C1. The Bertz CT molecular complexity index is 445. The number of aliphatic hydroxyl groups excluding tert-OH is 1. The summed E-state index contributed by atoms with van der Waals surface area (Å²) in [4.78, 5) is 21.7. The van der Waals surface area contributed by atoms with E-state index in [4.69, 9.17) is 0 Å². The second kappa shape index (κ2) is 8.31. The van der Waals surface area contributed by atoms with E-state index < -0.39 is 6.10 Å². The lowest BCUT2D eigenvalue weighted by atomic mass is 10.2. The number of hydrogen-bond donors (Lipinski definition) is 2. The molecule has 0 aliphatic carbocycles. The van der Waals surface area contributed by atoms with Gasteiger partial charge in [-0.15, -0.1) is 0 Å². The van der Waals surface area contributed by atoms with Crippen LogP contribution in [0.5, 0.6) is 0 Å². The molecule has 1 atom stereocenters. The highest BCUT2D eigenvalue weighted by Crippen LogP contribution is 2.09. The first-order valence-corrected chi connectivity index (χ1v) is 8.18. The lowest BCUT2D eigenvalue weighted by Crippen LogP contribution is -2.39. The molecule has 0 saturated carbocycles. The summed E-state index contributed by atoms with van der Waals surface area (Å²) in [5.74, 6) is -0.00843. The zero-order valence-corrected chi connectivity index (χ0v) is 13.7. The maximum absolute atomic E-state index is 12.4. The van der Waals surface area contributed by atoms with Crippen molar-refractivity contribution in [3.8, 4) is 0 Å². The fourth-order valence-electron chi connectivity index (χ4n) is 2.90. The van der Waals surface area contributed by atoms with Gasteiger partial charge in [-0.2, -0.15) is 0 Å². The average molecular weight is 308 g/mol. The Hall–Kier alpha value is -1.37. The molecule has 2 rings (SSSR count). The third-order valence-corrected chi connectivity index (χ3v) is 4.35. The number of aromatic amines is 1. The lowest BCUT2D eigenvalue weighted by molar-refractivity contribution is 0.0663. The second-order valence-corrected chi connectivity index (χ2v) is 5.83. The van der Waals surface area contributed by atoms with E-state index in [1.807, 2.05) is 0 Å². The number of β-amino-alcohol motifs (C(OH)–C–C–N with tert-alkyl or cyclic N) is 1. The molecule has 1 amide bonds. The van der Waals surface area contributed by atoms with Crippen LogP contribution in [0, 0.1) is 0 Å². The molecule has 1 aromatic heterocycles. The minimum atomic E-state index is -0.484. The number of aliphatic hydroxyl groups is 1. The molecule has 0 bridgehead atoms. The molecule has 1 aliphatic rings. The van der Waals surface area contributed by atoms with E-state index in [9.17, 15) is 9.90 Å². The van der Waals surface area contributed by atoms with Gasteiger partial charge in [0.1, 0.15) is 0 Å². The molecule has 0 spiro atoms. The van der Waals surface area contributed by atoms with Gasteiger partial charge in [0.2, 0.25) is 0 Å². The molecular weight excluding hydrogens is 280 g/mol. The van der Waals surface area contributed by atoms with Crippen molar-refractivity contribution in [2.75, 3.05) is 52.4 Å². The molecular formula is C16H28N4O2. The maximum Gasteiger partial charge on any atom is 0.255 e. The third kappa shape index (κ3) is 4.56. The van der Waals surface area contributed by atoms with E-state index in [1.165, 1.54) is 0 Å². The summed E-state index contributed by atoms with van der Waals surface area (Å²) in [6.45, 7) is 10.9. The minimum Gasteiger partial charge on any atom is -0.390 e. The van der Waals surface area contributed by atoms with E-state index in [0.29, 0.717) is 25.2 Å². The summed E-state index contributed by atoms with van der Waals surface area (Å²) in [5.41, 5.74) is 0.656. The minimum absolute atomic E-state index is 0.00843. The van der Waals surface area contributed by atoms with Gasteiger partial charge in [0, 0.05) is 51.7 Å². The number of hydrogen-bond acceptors (Lipinski definition) is 4. The summed E-state index contributed by atoms with van der Waals surface area (Å²) in [6.07, 6.45) is 2.97. The number of nitrogens with zero attached hydrogens (tertiary/aromatic N) is 3. The molecule has 6 nitrogen and oxygen atoms in total. The Morgan fingerprint density at radius 1 is 1.36 bits per heavy atom. The van der Waals surface area contributed by atoms with Gasteiger partial charge < -0.3 is 19.9 Å². The Morgan fingerprint density at radius 3 is 2.77 bits per heavy atom. The highest BCUT2D eigenvalue weighted by atomic mass is 16.3. The van der Waals surface area contributed by atoms with Crippen LogP contribution in [-0.4, -0.2) is 89.2 Å². The summed E-state index contributed by atoms with van der Waals surface area (Å²) in [7, 11) is 0. The molecule has 1 aliphatic heterocycles. The van der Waals surface area contributed by atoms with Crippen molar-refractivity contribution >= 4 is 5.91 Å². The average Bonchev–Trinajstić information content (AvgIpc) is 2.98. The van der Waals surface area contributed by atoms with Gasteiger partial charge in [-0.05, 0) is 19.2 Å². The molecule has 124 valence electrons. The van der Waals surface area contributed by atoms with Crippen LogP contribution in [0.3, 0.4) is 0 Å². The fourth-order valence-corrected chi connectivity index (χ4v) is 2.90. The van der Waals surface area contributed by atoms with Gasteiger partial charge in [0.05, 0.1) is 11.7 Å². The van der Waals surface area contributed by atoms with Crippen molar-refractivity contribution in [3.05, 3.63) is 24.0 Å². The van der Waals surface area contributed by atoms with Crippen molar-refractivity contribution in [2.24, 2.45) is 0 Å². The van der Waals surface area contributed by atoms with Crippen LogP contribution in [0.15, 0.2) is 18.5 Å². The highest BCUT2D eigenvalue weighted by Gasteiger charge is 2.25. The Labute approximate surface area is 132 Å². The zero-order valence-electron chi connectivity index (χ0n) is 13.7. The molecule has 0 unspecified atom stereocenters. The molecule has 6 heteroatoms. The smallest absolute Gasteiger partial charge is 0.255 e. The van der Waals surface area contributed by atoms with Crippen molar-refractivity contribution in [1.29, 1.82) is 0 Å². The molecule has 1 aromatic rings. The zero-order chi connectivity index (χ0) is 15.9. The number of H-pyrrole nitrogens is 1. The van der Waals surface area contributed by atoms with Crippen LogP contribution in [0.1, 0.15) is 24.2 Å². The van der Waals surface area contributed by atoms with Crippen LogP contribution >= 0.6 is 0 Å². The predicted molar refractivity (Wildman–Crippen MR) is 86.9 cm³/mol. The lowest BCUT2D eigenvalue weighted by Gasteiger charge is -2.25. The first-order chi connectivity index (χ1) is 10.6. The van der Waals surface area contributed by atoms with Gasteiger partial charge in [0.15, 0.2) is 0 Å². The van der Waals surface area contributed by atoms with Crippen molar-refractivity contribution < 1.29 is 9.90 Å². The number of amides is 1. The van der Waals surface area contributed by atoms with E-state index in [1.54, 1.807) is 23.4 Å². The molecule has 0 aromatic carbocycles. The van der Waals surface area contributed by atoms with Gasteiger partial charge in [-0.3, -0.25) is 9.69 Å². The quantitative estimate of drug-likeness (QED) is 0.802.